The highest BCUT2D eigenvalue weighted by Gasteiger charge is 2.18. The van der Waals surface area contributed by atoms with E-state index in [-0.39, 0.29) is 0 Å². The molecule has 1 atom stereocenters. The van der Waals surface area contributed by atoms with Crippen molar-refractivity contribution < 1.29 is 4.74 Å². The third-order valence-corrected chi connectivity index (χ3v) is 3.76. The Morgan fingerprint density at radius 2 is 2.00 bits per heavy atom. The van der Waals surface area contributed by atoms with Crippen LogP contribution < -0.4 is 10.1 Å². The van der Waals surface area contributed by atoms with Gasteiger partial charge >= 0.3 is 0 Å². The average molecular weight is 314 g/mol. The molecule has 1 rings (SSSR count). The Bertz CT molecular complexity index is 385. The number of nitrogens with one attached hydrogen (secondary N) is 1. The number of benzene rings is 1. The van der Waals surface area contributed by atoms with Gasteiger partial charge in [-0.15, -0.1) is 0 Å². The van der Waals surface area contributed by atoms with Gasteiger partial charge in [0, 0.05) is 10.5 Å². The van der Waals surface area contributed by atoms with Crippen LogP contribution in [0.3, 0.4) is 0 Å². The number of rotatable bonds is 5. The highest BCUT2D eigenvalue weighted by molar-refractivity contribution is 9.10. The predicted octanol–water partition coefficient (Wildman–Crippen LogP) is 4.02. The van der Waals surface area contributed by atoms with Crippen molar-refractivity contribution in [3.8, 4) is 5.75 Å². The Balaban J connectivity index is 2.81. The minimum absolute atomic E-state index is 0.332. The molecule has 0 amide bonds. The summed E-state index contributed by atoms with van der Waals surface area (Å²) >= 11 is 3.61. The van der Waals surface area contributed by atoms with E-state index in [4.69, 9.17) is 4.74 Å². The van der Waals surface area contributed by atoms with Gasteiger partial charge in [0.15, 0.2) is 0 Å². The second kappa shape index (κ2) is 6.58. The summed E-state index contributed by atoms with van der Waals surface area (Å²) in [7, 11) is 3.74. The molecule has 0 aliphatic heterocycles. The molecule has 0 aliphatic carbocycles. The Labute approximate surface area is 119 Å². The topological polar surface area (TPSA) is 21.3 Å². The maximum atomic E-state index is 5.28. The van der Waals surface area contributed by atoms with Crippen LogP contribution in [0.15, 0.2) is 22.7 Å². The van der Waals surface area contributed by atoms with Gasteiger partial charge in [0.25, 0.3) is 0 Å². The lowest BCUT2D eigenvalue weighted by atomic mass is 9.86. The normalized spacial score (nSPS) is 13.4. The SMILES string of the molecule is CNC(Cc1cc(OC)ccc1Br)CC(C)(C)C. The fourth-order valence-electron chi connectivity index (χ4n) is 2.12. The second-order valence-electron chi connectivity index (χ2n) is 5.91. The van der Waals surface area contributed by atoms with Crippen LogP contribution in [0.5, 0.6) is 5.75 Å². The Kier molecular flexibility index (Phi) is 5.67. The predicted molar refractivity (Wildman–Crippen MR) is 81.3 cm³/mol. The van der Waals surface area contributed by atoms with E-state index >= 15 is 0 Å². The maximum Gasteiger partial charge on any atom is 0.119 e. The minimum Gasteiger partial charge on any atom is -0.497 e. The molecule has 2 nitrogen and oxygen atoms in total. The fraction of sp³-hybridized carbons (Fsp3) is 0.600. The first-order chi connectivity index (χ1) is 8.35. The summed E-state index contributed by atoms with van der Waals surface area (Å²) in [6, 6.07) is 6.62. The molecular weight excluding hydrogens is 290 g/mol. The summed E-state index contributed by atoms with van der Waals surface area (Å²) in [4.78, 5) is 0. The summed E-state index contributed by atoms with van der Waals surface area (Å²) in [5, 5.41) is 3.41. The Morgan fingerprint density at radius 3 is 2.50 bits per heavy atom. The highest BCUT2D eigenvalue weighted by atomic mass is 79.9. The summed E-state index contributed by atoms with van der Waals surface area (Å²) in [6.45, 7) is 6.83. The van der Waals surface area contributed by atoms with Crippen LogP contribution >= 0.6 is 15.9 Å². The molecule has 3 heteroatoms. The van der Waals surface area contributed by atoms with Crippen LogP contribution in [0.2, 0.25) is 0 Å². The summed E-state index contributed by atoms with van der Waals surface area (Å²) < 4.78 is 6.44. The molecular formula is C15H24BrNO. The molecule has 0 radical (unpaired) electrons. The molecule has 0 saturated carbocycles. The van der Waals surface area contributed by atoms with Gasteiger partial charge in [0.1, 0.15) is 5.75 Å². The molecule has 102 valence electrons. The van der Waals surface area contributed by atoms with Crippen molar-refractivity contribution in [3.05, 3.63) is 28.2 Å². The van der Waals surface area contributed by atoms with Gasteiger partial charge in [-0.25, -0.2) is 0 Å². The first kappa shape index (κ1) is 15.5. The molecule has 1 aromatic rings. The van der Waals surface area contributed by atoms with Gasteiger partial charge < -0.3 is 10.1 Å². The Hall–Kier alpha value is -0.540. The second-order valence-corrected chi connectivity index (χ2v) is 6.77. The van der Waals surface area contributed by atoms with Crippen LogP contribution in [0.4, 0.5) is 0 Å². The summed E-state index contributed by atoms with van der Waals surface area (Å²) in [6.07, 6.45) is 2.15. The lowest BCUT2D eigenvalue weighted by molar-refractivity contribution is 0.315. The van der Waals surface area contributed by atoms with E-state index in [9.17, 15) is 0 Å². The van der Waals surface area contributed by atoms with Gasteiger partial charge in [-0.1, -0.05) is 36.7 Å². The van der Waals surface area contributed by atoms with Gasteiger partial charge in [-0.05, 0) is 49.1 Å². The number of hydrogen-bond donors (Lipinski definition) is 1. The number of methoxy groups -OCH3 is 1. The van der Waals surface area contributed by atoms with Crippen molar-refractivity contribution in [2.45, 2.75) is 39.7 Å². The molecule has 0 heterocycles. The molecule has 0 spiro atoms. The van der Waals surface area contributed by atoms with Gasteiger partial charge in [0.2, 0.25) is 0 Å². The van der Waals surface area contributed by atoms with E-state index in [1.165, 1.54) is 5.56 Å². The Morgan fingerprint density at radius 1 is 1.33 bits per heavy atom. The minimum atomic E-state index is 0.332. The fourth-order valence-corrected chi connectivity index (χ4v) is 2.52. The molecule has 1 unspecified atom stereocenters. The van der Waals surface area contributed by atoms with Crippen LogP contribution in [-0.2, 0) is 6.42 Å². The van der Waals surface area contributed by atoms with Crippen LogP contribution in [0, 0.1) is 5.41 Å². The third-order valence-electron chi connectivity index (χ3n) is 2.99. The molecule has 0 saturated heterocycles. The summed E-state index contributed by atoms with van der Waals surface area (Å²) in [5.41, 5.74) is 1.62. The number of ether oxygens (including phenoxy) is 1. The van der Waals surface area contributed by atoms with Crippen molar-refractivity contribution in [3.63, 3.8) is 0 Å². The highest BCUT2D eigenvalue weighted by Crippen LogP contribution is 2.27. The summed E-state index contributed by atoms with van der Waals surface area (Å²) in [5.74, 6) is 0.916. The van der Waals surface area contributed by atoms with Crippen LogP contribution in [0.25, 0.3) is 0 Å². The monoisotopic (exact) mass is 313 g/mol. The van der Waals surface area contributed by atoms with Crippen molar-refractivity contribution in [1.29, 1.82) is 0 Å². The smallest absolute Gasteiger partial charge is 0.119 e. The molecule has 0 fully saturated rings. The van der Waals surface area contributed by atoms with E-state index in [1.807, 2.05) is 13.1 Å². The lowest BCUT2D eigenvalue weighted by Crippen LogP contribution is -2.32. The van der Waals surface area contributed by atoms with Gasteiger partial charge in [0.05, 0.1) is 7.11 Å². The number of hydrogen-bond acceptors (Lipinski definition) is 2. The van der Waals surface area contributed by atoms with E-state index in [0.29, 0.717) is 11.5 Å². The van der Waals surface area contributed by atoms with Crippen LogP contribution in [-0.4, -0.2) is 20.2 Å². The molecule has 1 N–H and O–H groups in total. The third kappa shape index (κ3) is 4.99. The molecule has 1 aromatic carbocycles. The van der Waals surface area contributed by atoms with Crippen molar-refractivity contribution >= 4 is 15.9 Å². The quantitative estimate of drug-likeness (QED) is 0.886. The molecule has 0 bridgehead atoms. The maximum absolute atomic E-state index is 5.28. The van der Waals surface area contributed by atoms with E-state index < -0.39 is 0 Å². The number of likely N-dealkylation sites (N-methyl/N-ethyl adjacent to an activating group) is 1. The van der Waals surface area contributed by atoms with Crippen molar-refractivity contribution in [1.82, 2.24) is 5.32 Å². The van der Waals surface area contributed by atoms with Crippen molar-refractivity contribution in [2.24, 2.45) is 5.41 Å². The van der Waals surface area contributed by atoms with E-state index in [1.54, 1.807) is 7.11 Å². The van der Waals surface area contributed by atoms with Crippen LogP contribution in [0.1, 0.15) is 32.8 Å². The largest absolute Gasteiger partial charge is 0.497 e. The average Bonchev–Trinajstić information content (AvgIpc) is 2.29. The number of halogens is 1. The van der Waals surface area contributed by atoms with E-state index in [2.05, 4.69) is 54.2 Å². The molecule has 18 heavy (non-hydrogen) atoms. The molecule has 0 aliphatic rings. The van der Waals surface area contributed by atoms with Crippen molar-refractivity contribution in [2.75, 3.05) is 14.2 Å². The standard InChI is InChI=1S/C15H24BrNO/c1-15(2,3)10-12(17-4)8-11-9-13(18-5)6-7-14(11)16/h6-7,9,12,17H,8,10H2,1-5H3. The first-order valence-electron chi connectivity index (χ1n) is 6.35. The van der Waals surface area contributed by atoms with Gasteiger partial charge in [-0.3, -0.25) is 0 Å². The van der Waals surface area contributed by atoms with Gasteiger partial charge in [-0.2, -0.15) is 0 Å². The zero-order chi connectivity index (χ0) is 13.8. The zero-order valence-electron chi connectivity index (χ0n) is 12.0. The first-order valence-corrected chi connectivity index (χ1v) is 7.14. The molecule has 0 aromatic heterocycles. The lowest BCUT2D eigenvalue weighted by Gasteiger charge is -2.26. The van der Waals surface area contributed by atoms with E-state index in [0.717, 1.165) is 23.1 Å². The zero-order valence-corrected chi connectivity index (χ0v) is 13.6.